The Morgan fingerprint density at radius 1 is 0.930 bits per heavy atom. The number of carboxylic acids is 1. The molecule has 7 rings (SSSR count). The number of nitrogens with one attached hydrogen (secondary N) is 5. The number of aromatic amines is 1. The third kappa shape index (κ3) is 6.53. The Morgan fingerprint density at radius 3 is 2.23 bits per heavy atom. The van der Waals surface area contributed by atoms with Crippen molar-refractivity contribution in [2.75, 3.05) is 5.32 Å². The minimum atomic E-state index is -1.16. The second-order valence-electron chi connectivity index (χ2n) is 12.9. The molecule has 4 bridgehead atoms. The summed E-state index contributed by atoms with van der Waals surface area (Å²) in [7, 11) is 0. The zero-order valence-corrected chi connectivity index (χ0v) is 24.3. The molecular weight excluding hydrogens is 546 g/mol. The van der Waals surface area contributed by atoms with E-state index in [0.717, 1.165) is 59.0 Å². The number of hydrogen-bond acceptors (Lipinski definition) is 4. The number of carbonyl (C=O) groups excluding carboxylic acids is 3. The molecule has 4 aliphatic rings. The van der Waals surface area contributed by atoms with Gasteiger partial charge in [0.05, 0.1) is 6.42 Å². The topological polar surface area (TPSA) is 152 Å². The van der Waals surface area contributed by atoms with Crippen LogP contribution in [0.5, 0.6) is 0 Å². The summed E-state index contributed by atoms with van der Waals surface area (Å²) in [6.07, 6.45) is 9.07. The second kappa shape index (κ2) is 11.7. The maximum Gasteiger partial charge on any atom is 0.326 e. The van der Waals surface area contributed by atoms with E-state index in [9.17, 15) is 24.3 Å². The molecule has 2 atom stereocenters. The summed E-state index contributed by atoms with van der Waals surface area (Å²) >= 11 is 0. The van der Waals surface area contributed by atoms with E-state index in [1.54, 1.807) is 30.5 Å². The van der Waals surface area contributed by atoms with E-state index in [1.807, 2.05) is 24.3 Å². The van der Waals surface area contributed by atoms with Crippen LogP contribution in [0.2, 0.25) is 0 Å². The summed E-state index contributed by atoms with van der Waals surface area (Å²) < 4.78 is 0. The Bertz CT molecular complexity index is 1490. The van der Waals surface area contributed by atoms with E-state index < -0.39 is 24.0 Å². The number of fused-ring (bicyclic) bond motifs is 1. The van der Waals surface area contributed by atoms with Gasteiger partial charge in [-0.3, -0.25) is 9.59 Å². The second-order valence-corrected chi connectivity index (χ2v) is 12.9. The number of amides is 4. The molecule has 4 aliphatic carbocycles. The minimum absolute atomic E-state index is 0.0368. The van der Waals surface area contributed by atoms with Crippen molar-refractivity contribution in [1.82, 2.24) is 20.9 Å². The van der Waals surface area contributed by atoms with Crippen molar-refractivity contribution in [2.24, 2.45) is 17.8 Å². The van der Waals surface area contributed by atoms with E-state index in [0.29, 0.717) is 5.69 Å². The van der Waals surface area contributed by atoms with Crippen molar-refractivity contribution >= 4 is 40.4 Å². The smallest absolute Gasteiger partial charge is 0.326 e. The molecule has 0 spiro atoms. The van der Waals surface area contributed by atoms with Crippen molar-refractivity contribution in [3.8, 4) is 0 Å². The highest BCUT2D eigenvalue weighted by atomic mass is 16.4. The highest BCUT2D eigenvalue weighted by molar-refractivity contribution is 5.92. The number of carbonyl (C=O) groups is 4. The highest BCUT2D eigenvalue weighted by Gasteiger charge is 2.51. The van der Waals surface area contributed by atoms with Crippen LogP contribution in [0.15, 0.2) is 54.7 Å². The predicted molar refractivity (Wildman–Crippen MR) is 162 cm³/mol. The fourth-order valence-electron chi connectivity index (χ4n) is 7.93. The number of para-hydroxylation sites is 1. The largest absolute Gasteiger partial charge is 0.480 e. The average molecular weight is 586 g/mol. The molecule has 6 N–H and O–H groups in total. The highest BCUT2D eigenvalue weighted by Crippen LogP contribution is 2.55. The summed E-state index contributed by atoms with van der Waals surface area (Å²) in [4.78, 5) is 53.3. The fourth-order valence-corrected chi connectivity index (χ4v) is 7.93. The molecule has 1 aromatic heterocycles. The molecule has 2 aromatic carbocycles. The van der Waals surface area contributed by atoms with Crippen molar-refractivity contribution in [3.63, 3.8) is 0 Å². The van der Waals surface area contributed by atoms with Crippen LogP contribution in [-0.4, -0.2) is 51.5 Å². The number of H-pyrrole nitrogens is 1. The molecular formula is C33H39N5O5. The molecule has 10 heteroatoms. The molecule has 0 saturated heterocycles. The third-order valence-corrected chi connectivity index (χ3v) is 9.48. The van der Waals surface area contributed by atoms with E-state index in [-0.39, 0.29) is 30.3 Å². The maximum absolute atomic E-state index is 12.8. The van der Waals surface area contributed by atoms with Crippen molar-refractivity contribution in [2.45, 2.75) is 75.9 Å². The zero-order valence-electron chi connectivity index (χ0n) is 24.3. The SMILES string of the molecule is C[C@H](NC(=O)Cc1ccc(NC(=O)NC23CC4CC(CC(C4)C2)C3)cc1)C(=O)N[C@@H](Cc1c[nH]c2ccccc12)C(=O)O. The fraction of sp³-hybridized carbons (Fsp3) is 0.455. The van der Waals surface area contributed by atoms with E-state index in [2.05, 4.69) is 26.3 Å². The zero-order chi connectivity index (χ0) is 30.1. The minimum Gasteiger partial charge on any atom is -0.480 e. The molecule has 0 unspecified atom stereocenters. The lowest BCUT2D eigenvalue weighted by atomic mass is 9.53. The Hall–Kier alpha value is -4.34. The van der Waals surface area contributed by atoms with Crippen molar-refractivity contribution in [3.05, 3.63) is 65.9 Å². The monoisotopic (exact) mass is 585 g/mol. The van der Waals surface area contributed by atoms with Gasteiger partial charge < -0.3 is 31.4 Å². The first-order valence-electron chi connectivity index (χ1n) is 15.2. The average Bonchev–Trinajstić information content (AvgIpc) is 3.35. The van der Waals surface area contributed by atoms with Gasteiger partial charge in [-0.15, -0.1) is 0 Å². The number of aliphatic carboxylic acids is 1. The molecule has 3 aromatic rings. The summed E-state index contributed by atoms with van der Waals surface area (Å²) in [5.74, 6) is 0.132. The normalized spacial score (nSPS) is 25.1. The number of rotatable bonds is 10. The first-order chi connectivity index (χ1) is 20.6. The van der Waals surface area contributed by atoms with Crippen LogP contribution < -0.4 is 21.3 Å². The lowest BCUT2D eigenvalue weighted by Crippen LogP contribution is -2.60. The number of urea groups is 1. The molecule has 43 heavy (non-hydrogen) atoms. The van der Waals surface area contributed by atoms with Crippen LogP contribution >= 0.6 is 0 Å². The van der Waals surface area contributed by atoms with Crippen LogP contribution in [0.3, 0.4) is 0 Å². The number of carboxylic acid groups (broad SMARTS) is 1. The predicted octanol–water partition coefficient (Wildman–Crippen LogP) is 4.12. The van der Waals surface area contributed by atoms with Crippen LogP contribution in [-0.2, 0) is 27.2 Å². The molecule has 226 valence electrons. The van der Waals surface area contributed by atoms with Crippen molar-refractivity contribution in [1.29, 1.82) is 0 Å². The molecule has 0 radical (unpaired) electrons. The number of anilines is 1. The molecule has 0 aliphatic heterocycles. The Kier molecular flexibility index (Phi) is 7.85. The van der Waals surface area contributed by atoms with Gasteiger partial charge in [-0.2, -0.15) is 0 Å². The molecule has 10 nitrogen and oxygen atoms in total. The summed E-state index contributed by atoms with van der Waals surface area (Å²) in [6.45, 7) is 1.52. The van der Waals surface area contributed by atoms with Gasteiger partial charge in [0.1, 0.15) is 12.1 Å². The number of benzene rings is 2. The quantitative estimate of drug-likeness (QED) is 0.211. The van der Waals surface area contributed by atoms with Crippen LogP contribution in [0, 0.1) is 17.8 Å². The van der Waals surface area contributed by atoms with Crippen LogP contribution in [0.25, 0.3) is 10.9 Å². The summed E-state index contributed by atoms with van der Waals surface area (Å²) in [5, 5.41) is 22.1. The lowest BCUT2D eigenvalue weighted by Gasteiger charge is -2.56. The number of hydrogen-bond donors (Lipinski definition) is 6. The van der Waals surface area contributed by atoms with E-state index in [1.165, 1.54) is 26.2 Å². The summed E-state index contributed by atoms with van der Waals surface area (Å²) in [5.41, 5.74) is 2.97. The van der Waals surface area contributed by atoms with Gasteiger partial charge >= 0.3 is 12.0 Å². The summed E-state index contributed by atoms with van der Waals surface area (Å²) in [6, 6.07) is 12.4. The van der Waals surface area contributed by atoms with Gasteiger partial charge in [0.25, 0.3) is 0 Å². The van der Waals surface area contributed by atoms with E-state index >= 15 is 0 Å². The Balaban J connectivity index is 0.971. The molecule has 4 amide bonds. The third-order valence-electron chi connectivity index (χ3n) is 9.48. The van der Waals surface area contributed by atoms with Gasteiger partial charge in [0.15, 0.2) is 0 Å². The molecule has 4 fully saturated rings. The first kappa shape index (κ1) is 28.8. The van der Waals surface area contributed by atoms with Gasteiger partial charge in [-0.05, 0) is 92.5 Å². The molecule has 1 heterocycles. The lowest BCUT2D eigenvalue weighted by molar-refractivity contribution is -0.142. The maximum atomic E-state index is 12.8. The van der Waals surface area contributed by atoms with Gasteiger partial charge in [0, 0.05) is 34.7 Å². The number of aromatic nitrogens is 1. The van der Waals surface area contributed by atoms with Gasteiger partial charge in [0.2, 0.25) is 11.8 Å². The molecule has 4 saturated carbocycles. The van der Waals surface area contributed by atoms with Crippen molar-refractivity contribution < 1.29 is 24.3 Å². The Morgan fingerprint density at radius 2 is 1.58 bits per heavy atom. The Labute approximate surface area is 250 Å². The standard InChI is InChI=1S/C33H39N5O5/c1-19(30(40)37-28(31(41)42)14-24-18-34-27-5-3-2-4-26(24)27)35-29(39)13-20-6-8-25(9-7-20)36-32(43)38-33-15-21-10-22(16-33)12-23(11-21)17-33/h2-9,18-19,21-23,28,34H,10-17H2,1H3,(H,35,39)(H,37,40)(H,41,42)(H2,36,38,43)/t19-,21?,22?,23?,28-,33?/m0/s1. The van der Waals surface area contributed by atoms with Gasteiger partial charge in [-0.1, -0.05) is 30.3 Å². The van der Waals surface area contributed by atoms with Crippen LogP contribution in [0.4, 0.5) is 10.5 Å². The van der Waals surface area contributed by atoms with E-state index in [4.69, 9.17) is 0 Å². The van der Waals surface area contributed by atoms with Gasteiger partial charge in [-0.25, -0.2) is 9.59 Å². The van der Waals surface area contributed by atoms with Crippen LogP contribution in [0.1, 0.15) is 56.6 Å². The first-order valence-corrected chi connectivity index (χ1v) is 15.2.